The second-order valence-electron chi connectivity index (χ2n) is 3.54. The first-order valence-corrected chi connectivity index (χ1v) is 5.95. The molecule has 0 heterocycles. The van der Waals surface area contributed by atoms with Gasteiger partial charge in [0.15, 0.2) is 0 Å². The molecule has 0 aromatic heterocycles. The van der Waals surface area contributed by atoms with E-state index in [1.807, 2.05) is 6.07 Å². The standard InChI is InChI=1S/C12H16BrF/c1-3-5-9-8-12(14)10(6-4-2)7-11(9)13/h7-8H,3-6H2,1-2H3. The van der Waals surface area contributed by atoms with Gasteiger partial charge in [-0.1, -0.05) is 42.6 Å². The van der Waals surface area contributed by atoms with E-state index in [1.165, 1.54) is 0 Å². The largest absolute Gasteiger partial charge is 0.207 e. The molecule has 0 bridgehead atoms. The minimum atomic E-state index is -0.0569. The molecule has 1 aromatic rings. The Morgan fingerprint density at radius 1 is 1.07 bits per heavy atom. The molecule has 0 radical (unpaired) electrons. The Kier molecular flexibility index (Phi) is 4.59. The zero-order chi connectivity index (χ0) is 10.6. The molecule has 0 saturated carbocycles. The maximum Gasteiger partial charge on any atom is 0.126 e. The van der Waals surface area contributed by atoms with Gasteiger partial charge in [-0.05, 0) is 36.1 Å². The minimum absolute atomic E-state index is 0.0569. The summed E-state index contributed by atoms with van der Waals surface area (Å²) in [4.78, 5) is 0. The quantitative estimate of drug-likeness (QED) is 0.747. The van der Waals surface area contributed by atoms with Crippen molar-refractivity contribution in [3.8, 4) is 0 Å². The summed E-state index contributed by atoms with van der Waals surface area (Å²) < 4.78 is 14.6. The fraction of sp³-hybridized carbons (Fsp3) is 0.500. The highest BCUT2D eigenvalue weighted by molar-refractivity contribution is 9.10. The molecule has 1 aromatic carbocycles. The van der Waals surface area contributed by atoms with Crippen molar-refractivity contribution in [2.45, 2.75) is 39.5 Å². The van der Waals surface area contributed by atoms with Crippen LogP contribution in [0.4, 0.5) is 4.39 Å². The van der Waals surface area contributed by atoms with Crippen LogP contribution < -0.4 is 0 Å². The lowest BCUT2D eigenvalue weighted by atomic mass is 10.0. The molecule has 2 heteroatoms. The third-order valence-corrected chi connectivity index (χ3v) is 2.99. The molecule has 0 unspecified atom stereocenters. The smallest absolute Gasteiger partial charge is 0.126 e. The van der Waals surface area contributed by atoms with E-state index in [0.717, 1.165) is 41.3 Å². The molecule has 0 fully saturated rings. The molecule has 0 saturated heterocycles. The molecule has 0 N–H and O–H groups in total. The second-order valence-corrected chi connectivity index (χ2v) is 4.39. The molecular weight excluding hydrogens is 243 g/mol. The van der Waals surface area contributed by atoms with Crippen molar-refractivity contribution in [1.29, 1.82) is 0 Å². The molecule has 1 rings (SSSR count). The predicted octanol–water partition coefficient (Wildman–Crippen LogP) is 4.49. The zero-order valence-electron chi connectivity index (χ0n) is 8.74. The highest BCUT2D eigenvalue weighted by Gasteiger charge is 2.06. The number of rotatable bonds is 4. The summed E-state index contributed by atoms with van der Waals surface area (Å²) in [6.07, 6.45) is 3.78. The molecule has 0 aliphatic heterocycles. The lowest BCUT2D eigenvalue weighted by Crippen LogP contribution is -1.94. The van der Waals surface area contributed by atoms with E-state index in [2.05, 4.69) is 29.8 Å². The van der Waals surface area contributed by atoms with Gasteiger partial charge in [0, 0.05) is 4.47 Å². The van der Waals surface area contributed by atoms with Gasteiger partial charge in [-0.25, -0.2) is 4.39 Å². The minimum Gasteiger partial charge on any atom is -0.207 e. The van der Waals surface area contributed by atoms with Crippen LogP contribution in [0.5, 0.6) is 0 Å². The molecule has 14 heavy (non-hydrogen) atoms. The van der Waals surface area contributed by atoms with Gasteiger partial charge in [-0.2, -0.15) is 0 Å². The molecule has 0 nitrogen and oxygen atoms in total. The Hall–Kier alpha value is -0.370. The van der Waals surface area contributed by atoms with Gasteiger partial charge in [0.2, 0.25) is 0 Å². The summed E-state index contributed by atoms with van der Waals surface area (Å²) in [6, 6.07) is 3.59. The Morgan fingerprint density at radius 3 is 2.21 bits per heavy atom. The predicted molar refractivity (Wildman–Crippen MR) is 62.1 cm³/mol. The van der Waals surface area contributed by atoms with E-state index >= 15 is 0 Å². The SMILES string of the molecule is CCCc1cc(Br)c(CCC)cc1F. The highest BCUT2D eigenvalue weighted by Crippen LogP contribution is 2.23. The van der Waals surface area contributed by atoms with Crippen LogP contribution in [-0.4, -0.2) is 0 Å². The van der Waals surface area contributed by atoms with Gasteiger partial charge < -0.3 is 0 Å². The molecule has 0 amide bonds. The van der Waals surface area contributed by atoms with Crippen LogP contribution in [0.1, 0.15) is 37.8 Å². The van der Waals surface area contributed by atoms with Gasteiger partial charge >= 0.3 is 0 Å². The van der Waals surface area contributed by atoms with Crippen molar-refractivity contribution in [3.05, 3.63) is 33.5 Å². The van der Waals surface area contributed by atoms with E-state index in [-0.39, 0.29) is 5.82 Å². The van der Waals surface area contributed by atoms with E-state index in [9.17, 15) is 4.39 Å². The lowest BCUT2D eigenvalue weighted by Gasteiger charge is -2.07. The molecule has 0 atom stereocenters. The molecular formula is C12H16BrF. The van der Waals surface area contributed by atoms with Crippen LogP contribution in [0, 0.1) is 5.82 Å². The summed E-state index contributed by atoms with van der Waals surface area (Å²) in [5.74, 6) is -0.0569. The van der Waals surface area contributed by atoms with Crippen molar-refractivity contribution in [3.63, 3.8) is 0 Å². The maximum atomic E-state index is 13.5. The van der Waals surface area contributed by atoms with Gasteiger partial charge in [-0.15, -0.1) is 0 Å². The normalized spacial score (nSPS) is 10.6. The lowest BCUT2D eigenvalue weighted by molar-refractivity contribution is 0.604. The third-order valence-electron chi connectivity index (χ3n) is 2.25. The first-order chi connectivity index (χ1) is 6.69. The fourth-order valence-electron chi connectivity index (χ4n) is 1.55. The summed E-state index contributed by atoms with van der Waals surface area (Å²) >= 11 is 3.49. The van der Waals surface area contributed by atoms with Crippen LogP contribution >= 0.6 is 15.9 Å². The highest BCUT2D eigenvalue weighted by atomic mass is 79.9. The number of halogens is 2. The Labute approximate surface area is 93.7 Å². The number of aryl methyl sites for hydroxylation is 2. The van der Waals surface area contributed by atoms with Crippen LogP contribution in [0.25, 0.3) is 0 Å². The first kappa shape index (κ1) is 11.7. The van der Waals surface area contributed by atoms with Gasteiger partial charge in [-0.3, -0.25) is 0 Å². The summed E-state index contributed by atoms with van der Waals surface area (Å²) in [5, 5.41) is 0. The summed E-state index contributed by atoms with van der Waals surface area (Å²) in [6.45, 7) is 4.16. The van der Waals surface area contributed by atoms with Crippen molar-refractivity contribution in [2.24, 2.45) is 0 Å². The van der Waals surface area contributed by atoms with E-state index in [0.29, 0.717) is 0 Å². The zero-order valence-corrected chi connectivity index (χ0v) is 10.3. The Morgan fingerprint density at radius 2 is 1.64 bits per heavy atom. The maximum absolute atomic E-state index is 13.5. The third kappa shape index (κ3) is 2.81. The summed E-state index contributed by atoms with van der Waals surface area (Å²) in [5.41, 5.74) is 1.89. The number of hydrogen-bond donors (Lipinski definition) is 0. The number of hydrogen-bond acceptors (Lipinski definition) is 0. The van der Waals surface area contributed by atoms with Crippen LogP contribution in [0.3, 0.4) is 0 Å². The average Bonchev–Trinajstić information content (AvgIpc) is 2.14. The molecule has 0 aliphatic carbocycles. The monoisotopic (exact) mass is 258 g/mol. The van der Waals surface area contributed by atoms with Crippen molar-refractivity contribution in [2.75, 3.05) is 0 Å². The molecule has 78 valence electrons. The van der Waals surface area contributed by atoms with Crippen LogP contribution in [-0.2, 0) is 12.8 Å². The van der Waals surface area contributed by atoms with Gasteiger partial charge in [0.1, 0.15) is 5.82 Å². The average molecular weight is 259 g/mol. The van der Waals surface area contributed by atoms with Gasteiger partial charge in [0.25, 0.3) is 0 Å². The molecule has 0 aliphatic rings. The topological polar surface area (TPSA) is 0 Å². The van der Waals surface area contributed by atoms with Crippen LogP contribution in [0.2, 0.25) is 0 Å². The van der Waals surface area contributed by atoms with Crippen LogP contribution in [0.15, 0.2) is 16.6 Å². The molecule has 0 spiro atoms. The van der Waals surface area contributed by atoms with Crippen molar-refractivity contribution >= 4 is 15.9 Å². The number of benzene rings is 1. The second kappa shape index (κ2) is 5.50. The Bertz CT molecular complexity index is 276. The van der Waals surface area contributed by atoms with Gasteiger partial charge in [0.05, 0.1) is 0 Å². The fourth-order valence-corrected chi connectivity index (χ4v) is 2.14. The Balaban J connectivity index is 2.97. The first-order valence-electron chi connectivity index (χ1n) is 5.15. The van der Waals surface area contributed by atoms with E-state index in [1.54, 1.807) is 6.07 Å². The van der Waals surface area contributed by atoms with Crippen molar-refractivity contribution in [1.82, 2.24) is 0 Å². The van der Waals surface area contributed by atoms with E-state index < -0.39 is 0 Å². The van der Waals surface area contributed by atoms with Crippen molar-refractivity contribution < 1.29 is 4.39 Å². The van der Waals surface area contributed by atoms with E-state index in [4.69, 9.17) is 0 Å². The summed E-state index contributed by atoms with van der Waals surface area (Å²) in [7, 11) is 0.